The maximum atomic E-state index is 12.1. The first-order valence-electron chi connectivity index (χ1n) is 6.20. The lowest BCUT2D eigenvalue weighted by Crippen LogP contribution is -2.46. The Morgan fingerprint density at radius 2 is 1.84 bits per heavy atom. The molecule has 0 aliphatic carbocycles. The molecule has 2 N–H and O–H groups in total. The molecular weight excluding hydrogens is 250 g/mol. The number of urea groups is 1. The number of rotatable bonds is 7. The molecule has 0 radical (unpaired) electrons. The summed E-state index contributed by atoms with van der Waals surface area (Å²) in [5, 5.41) is 11.3. The van der Waals surface area contributed by atoms with Gasteiger partial charge in [-0.05, 0) is 5.92 Å². The van der Waals surface area contributed by atoms with Crippen LogP contribution in [0.2, 0.25) is 0 Å². The van der Waals surface area contributed by atoms with E-state index in [1.165, 1.54) is 16.8 Å². The van der Waals surface area contributed by atoms with Crippen LogP contribution in [-0.4, -0.2) is 66.5 Å². The van der Waals surface area contributed by atoms with Gasteiger partial charge in [0.2, 0.25) is 5.91 Å². The van der Waals surface area contributed by atoms with Crippen molar-refractivity contribution in [1.29, 1.82) is 0 Å². The second-order valence-corrected chi connectivity index (χ2v) is 4.80. The van der Waals surface area contributed by atoms with E-state index in [0.717, 1.165) is 0 Å². The Labute approximate surface area is 113 Å². The van der Waals surface area contributed by atoms with Crippen molar-refractivity contribution >= 4 is 17.9 Å². The summed E-state index contributed by atoms with van der Waals surface area (Å²) in [6.07, 6.45) is 0.196. The summed E-state index contributed by atoms with van der Waals surface area (Å²) >= 11 is 0. The molecule has 0 spiro atoms. The largest absolute Gasteiger partial charge is 0.480 e. The minimum Gasteiger partial charge on any atom is -0.480 e. The number of nitrogens with zero attached hydrogens (tertiary/aromatic N) is 2. The molecule has 3 amide bonds. The van der Waals surface area contributed by atoms with E-state index in [1.807, 2.05) is 13.8 Å². The summed E-state index contributed by atoms with van der Waals surface area (Å²) in [4.78, 5) is 36.6. The molecule has 0 aromatic carbocycles. The number of hydrogen-bond acceptors (Lipinski definition) is 3. The molecule has 0 unspecified atom stereocenters. The van der Waals surface area contributed by atoms with E-state index < -0.39 is 5.97 Å². The van der Waals surface area contributed by atoms with Gasteiger partial charge in [0.25, 0.3) is 0 Å². The predicted octanol–water partition coefficient (Wildman–Crippen LogP) is 0.217. The number of carbonyl (C=O) groups is 3. The lowest BCUT2D eigenvalue weighted by molar-refractivity contribution is -0.137. The second kappa shape index (κ2) is 8.34. The van der Waals surface area contributed by atoms with Gasteiger partial charge in [-0.3, -0.25) is 9.59 Å². The Morgan fingerprint density at radius 3 is 2.26 bits per heavy atom. The van der Waals surface area contributed by atoms with E-state index in [0.29, 0.717) is 6.54 Å². The molecule has 0 fully saturated rings. The molecule has 0 atom stereocenters. The Hall–Kier alpha value is -1.79. The summed E-state index contributed by atoms with van der Waals surface area (Å²) in [6, 6.07) is -0.375. The number of aliphatic carboxylic acids is 1. The van der Waals surface area contributed by atoms with E-state index in [9.17, 15) is 14.4 Å². The Kier molecular flexibility index (Phi) is 7.55. The summed E-state index contributed by atoms with van der Waals surface area (Å²) in [6.45, 7) is 4.11. The lowest BCUT2D eigenvalue weighted by atomic mass is 10.2. The maximum Gasteiger partial charge on any atom is 0.323 e. The normalized spacial score (nSPS) is 10.2. The fraction of sp³-hybridized carbons (Fsp3) is 0.750. The van der Waals surface area contributed by atoms with E-state index in [1.54, 1.807) is 7.05 Å². The first-order valence-corrected chi connectivity index (χ1v) is 6.20. The summed E-state index contributed by atoms with van der Waals surface area (Å²) in [5.41, 5.74) is 0. The number of hydrogen-bond donors (Lipinski definition) is 2. The zero-order valence-corrected chi connectivity index (χ0v) is 12.0. The van der Waals surface area contributed by atoms with Crippen LogP contribution in [0, 0.1) is 5.92 Å². The number of nitrogens with one attached hydrogen (secondary N) is 1. The number of carboxylic acid groups (broad SMARTS) is 1. The Morgan fingerprint density at radius 1 is 1.26 bits per heavy atom. The van der Waals surface area contributed by atoms with Gasteiger partial charge < -0.3 is 20.2 Å². The highest BCUT2D eigenvalue weighted by Crippen LogP contribution is 2.03. The van der Waals surface area contributed by atoms with E-state index in [4.69, 9.17) is 5.11 Å². The maximum absolute atomic E-state index is 12.1. The minimum atomic E-state index is -1.05. The molecule has 7 nitrogen and oxygen atoms in total. The van der Waals surface area contributed by atoms with Crippen molar-refractivity contribution in [3.05, 3.63) is 0 Å². The predicted molar refractivity (Wildman–Crippen MR) is 70.8 cm³/mol. The van der Waals surface area contributed by atoms with Crippen LogP contribution in [-0.2, 0) is 9.59 Å². The molecule has 0 aromatic heterocycles. The fourth-order valence-electron chi connectivity index (χ4n) is 1.55. The number of amides is 3. The van der Waals surface area contributed by atoms with Crippen molar-refractivity contribution in [2.24, 2.45) is 5.92 Å². The van der Waals surface area contributed by atoms with Crippen LogP contribution in [0.4, 0.5) is 4.79 Å². The van der Waals surface area contributed by atoms with Gasteiger partial charge in [-0.2, -0.15) is 0 Å². The zero-order chi connectivity index (χ0) is 15.0. The molecule has 0 aromatic rings. The minimum absolute atomic E-state index is 0.159. The van der Waals surface area contributed by atoms with Gasteiger partial charge in [0.1, 0.15) is 6.54 Å². The van der Waals surface area contributed by atoms with E-state index in [-0.39, 0.29) is 37.4 Å². The summed E-state index contributed by atoms with van der Waals surface area (Å²) in [5.74, 6) is -1.03. The van der Waals surface area contributed by atoms with Gasteiger partial charge in [-0.25, -0.2) is 4.79 Å². The molecule has 0 aliphatic heterocycles. The van der Waals surface area contributed by atoms with Crippen LogP contribution >= 0.6 is 0 Å². The highest BCUT2D eigenvalue weighted by Gasteiger charge is 2.21. The molecule has 0 aliphatic rings. The smallest absolute Gasteiger partial charge is 0.323 e. The molecular formula is C12H23N3O4. The van der Waals surface area contributed by atoms with Gasteiger partial charge in [-0.15, -0.1) is 0 Å². The molecule has 110 valence electrons. The van der Waals surface area contributed by atoms with Crippen molar-refractivity contribution in [3.63, 3.8) is 0 Å². The molecule has 0 heterocycles. The fourth-order valence-corrected chi connectivity index (χ4v) is 1.55. The van der Waals surface area contributed by atoms with Crippen LogP contribution < -0.4 is 5.32 Å². The number of carbonyl (C=O) groups excluding carboxylic acids is 2. The quantitative estimate of drug-likeness (QED) is 0.694. The third kappa shape index (κ3) is 7.28. The van der Waals surface area contributed by atoms with Gasteiger partial charge >= 0.3 is 12.0 Å². The highest BCUT2D eigenvalue weighted by atomic mass is 16.4. The molecule has 0 bridgehead atoms. The van der Waals surface area contributed by atoms with Gasteiger partial charge in [0.05, 0.1) is 0 Å². The van der Waals surface area contributed by atoms with Crippen LogP contribution in [0.15, 0.2) is 0 Å². The summed E-state index contributed by atoms with van der Waals surface area (Å²) < 4.78 is 0. The number of carboxylic acids is 1. The lowest BCUT2D eigenvalue weighted by Gasteiger charge is -2.28. The molecule has 0 saturated heterocycles. The van der Waals surface area contributed by atoms with Gasteiger partial charge in [0, 0.05) is 33.6 Å². The van der Waals surface area contributed by atoms with Crippen LogP contribution in [0.3, 0.4) is 0 Å². The molecule has 7 heteroatoms. The van der Waals surface area contributed by atoms with Gasteiger partial charge in [-0.1, -0.05) is 13.8 Å². The third-order valence-electron chi connectivity index (χ3n) is 2.46. The van der Waals surface area contributed by atoms with Crippen molar-refractivity contribution in [1.82, 2.24) is 15.1 Å². The zero-order valence-electron chi connectivity index (χ0n) is 12.0. The van der Waals surface area contributed by atoms with Crippen LogP contribution in [0.5, 0.6) is 0 Å². The second-order valence-electron chi connectivity index (χ2n) is 4.80. The topological polar surface area (TPSA) is 90.0 Å². The Balaban J connectivity index is 4.50. The highest BCUT2D eigenvalue weighted by molar-refractivity contribution is 5.81. The third-order valence-corrected chi connectivity index (χ3v) is 2.46. The average Bonchev–Trinajstić information content (AvgIpc) is 2.32. The van der Waals surface area contributed by atoms with Crippen molar-refractivity contribution < 1.29 is 19.5 Å². The van der Waals surface area contributed by atoms with Gasteiger partial charge in [0.15, 0.2) is 0 Å². The van der Waals surface area contributed by atoms with Crippen LogP contribution in [0.1, 0.15) is 20.3 Å². The van der Waals surface area contributed by atoms with E-state index >= 15 is 0 Å². The first kappa shape index (κ1) is 17.2. The molecule has 19 heavy (non-hydrogen) atoms. The van der Waals surface area contributed by atoms with Crippen molar-refractivity contribution in [2.45, 2.75) is 20.3 Å². The Bertz CT molecular complexity index is 331. The standard InChI is InChI=1S/C12H23N3O4/c1-9(2)7-15(8-11(17)18)12(19)14(4)6-5-10(16)13-3/h9H,5-8H2,1-4H3,(H,13,16)(H,17,18). The van der Waals surface area contributed by atoms with Crippen molar-refractivity contribution in [2.75, 3.05) is 33.7 Å². The van der Waals surface area contributed by atoms with Crippen LogP contribution in [0.25, 0.3) is 0 Å². The first-order chi connectivity index (χ1) is 8.77. The van der Waals surface area contributed by atoms with E-state index in [2.05, 4.69) is 5.32 Å². The molecule has 0 saturated carbocycles. The van der Waals surface area contributed by atoms with Crippen molar-refractivity contribution in [3.8, 4) is 0 Å². The monoisotopic (exact) mass is 273 g/mol. The SMILES string of the molecule is CNC(=O)CCN(C)C(=O)N(CC(=O)O)CC(C)C. The molecule has 0 rings (SSSR count). The summed E-state index contributed by atoms with van der Waals surface area (Å²) in [7, 11) is 3.08. The average molecular weight is 273 g/mol.